The van der Waals surface area contributed by atoms with Crippen molar-refractivity contribution in [3.63, 3.8) is 0 Å². The lowest BCUT2D eigenvalue weighted by molar-refractivity contribution is 0.478. The summed E-state index contributed by atoms with van der Waals surface area (Å²) < 4.78 is 29.1. The zero-order chi connectivity index (χ0) is 10.2. The van der Waals surface area contributed by atoms with Gasteiger partial charge < -0.3 is 0 Å². The summed E-state index contributed by atoms with van der Waals surface area (Å²) in [5.74, 6) is -0.0826. The summed E-state index contributed by atoms with van der Waals surface area (Å²) in [4.78, 5) is 0. The van der Waals surface area contributed by atoms with Crippen LogP contribution in [0, 0.1) is 0 Å². The first-order valence-corrected chi connectivity index (χ1v) is 6.62. The first-order valence-electron chi connectivity index (χ1n) is 5.01. The van der Waals surface area contributed by atoms with Gasteiger partial charge in [0.05, 0.1) is 5.75 Å². The highest BCUT2D eigenvalue weighted by atomic mass is 35.5. The maximum atomic E-state index is 10.3. The molecule has 0 atom stereocenters. The van der Waals surface area contributed by atoms with Gasteiger partial charge in [-0.25, -0.2) is 0 Å². The summed E-state index contributed by atoms with van der Waals surface area (Å²) in [6.07, 6.45) is 7.48. The highest BCUT2D eigenvalue weighted by Crippen LogP contribution is 2.07. The van der Waals surface area contributed by atoms with Crippen LogP contribution >= 0.6 is 12.4 Å². The molecule has 3 nitrogen and oxygen atoms in total. The molecule has 0 aromatic carbocycles. The third-order valence-corrected chi connectivity index (χ3v) is 2.81. The van der Waals surface area contributed by atoms with Crippen LogP contribution in [0.3, 0.4) is 0 Å². The van der Waals surface area contributed by atoms with Gasteiger partial charge in [0, 0.05) is 0 Å². The summed E-state index contributed by atoms with van der Waals surface area (Å²) in [6, 6.07) is 0. The van der Waals surface area contributed by atoms with E-state index in [2.05, 4.69) is 6.92 Å². The highest BCUT2D eigenvalue weighted by molar-refractivity contribution is 7.85. The van der Waals surface area contributed by atoms with Crippen molar-refractivity contribution in [3.05, 3.63) is 0 Å². The molecule has 0 aliphatic carbocycles. The molecule has 0 aliphatic heterocycles. The van der Waals surface area contributed by atoms with Crippen molar-refractivity contribution in [3.8, 4) is 0 Å². The van der Waals surface area contributed by atoms with Gasteiger partial charge in [0.2, 0.25) is 0 Å². The van der Waals surface area contributed by atoms with Crippen LogP contribution in [0.5, 0.6) is 0 Å². The van der Waals surface area contributed by atoms with Crippen LogP contribution in [-0.2, 0) is 10.1 Å². The van der Waals surface area contributed by atoms with Gasteiger partial charge in [0.25, 0.3) is 10.1 Å². The number of hydrogen-bond acceptors (Lipinski definition) is 2. The molecule has 0 amide bonds. The van der Waals surface area contributed by atoms with Crippen molar-refractivity contribution in [2.75, 3.05) is 5.75 Å². The minimum absolute atomic E-state index is 0. The van der Waals surface area contributed by atoms with Crippen LogP contribution in [0.4, 0.5) is 0 Å². The second-order valence-corrected chi connectivity index (χ2v) is 4.98. The van der Waals surface area contributed by atoms with Gasteiger partial charge >= 0.3 is 0 Å². The molecule has 0 radical (unpaired) electrons. The first-order chi connectivity index (χ1) is 6.06. The van der Waals surface area contributed by atoms with E-state index in [9.17, 15) is 8.42 Å². The zero-order valence-electron chi connectivity index (χ0n) is 8.74. The van der Waals surface area contributed by atoms with E-state index in [0.717, 1.165) is 12.8 Å². The molecule has 0 rings (SSSR count). The Morgan fingerprint density at radius 1 is 0.929 bits per heavy atom. The molecular weight excluding hydrogens is 224 g/mol. The fraction of sp³-hybridized carbons (Fsp3) is 1.00. The number of unbranched alkanes of at least 4 members (excludes halogenated alkanes) is 6. The van der Waals surface area contributed by atoms with Crippen LogP contribution in [0.15, 0.2) is 0 Å². The average molecular weight is 245 g/mol. The Labute approximate surface area is 93.4 Å². The molecular formula is C9H21ClO3S. The van der Waals surface area contributed by atoms with Crippen LogP contribution in [0.1, 0.15) is 51.9 Å². The molecule has 0 bridgehead atoms. The summed E-state index contributed by atoms with van der Waals surface area (Å²) in [5, 5.41) is 0. The van der Waals surface area contributed by atoms with Crippen LogP contribution in [0.2, 0.25) is 0 Å². The molecule has 0 spiro atoms. The lowest BCUT2D eigenvalue weighted by Gasteiger charge is -1.99. The van der Waals surface area contributed by atoms with Crippen LogP contribution < -0.4 is 0 Å². The standard InChI is InChI=1S/C9H20O3S.ClH/c1-2-3-4-5-6-7-8-9-13(10,11)12;/h2-9H2,1H3,(H,10,11,12);1H. The quantitative estimate of drug-likeness (QED) is 0.528. The average Bonchev–Trinajstić information content (AvgIpc) is 2.01. The van der Waals surface area contributed by atoms with Gasteiger partial charge in [-0.3, -0.25) is 4.55 Å². The second-order valence-electron chi connectivity index (χ2n) is 3.41. The number of hydrogen-bond donors (Lipinski definition) is 1. The van der Waals surface area contributed by atoms with E-state index in [4.69, 9.17) is 4.55 Å². The molecule has 0 aliphatic rings. The van der Waals surface area contributed by atoms with Crippen LogP contribution in [0.25, 0.3) is 0 Å². The summed E-state index contributed by atoms with van der Waals surface area (Å²) in [5.41, 5.74) is 0. The SMILES string of the molecule is CCCCCCCCCS(=O)(=O)O.Cl. The normalized spacial score (nSPS) is 11.0. The monoisotopic (exact) mass is 244 g/mol. The predicted molar refractivity (Wildman–Crippen MR) is 61.7 cm³/mol. The zero-order valence-corrected chi connectivity index (χ0v) is 10.4. The minimum atomic E-state index is -3.72. The van der Waals surface area contributed by atoms with Crippen LogP contribution in [-0.4, -0.2) is 18.7 Å². The largest absolute Gasteiger partial charge is 0.286 e. The molecule has 88 valence electrons. The maximum absolute atomic E-state index is 10.3. The van der Waals surface area contributed by atoms with Crippen molar-refractivity contribution >= 4 is 22.5 Å². The van der Waals surface area contributed by atoms with E-state index in [1.165, 1.54) is 25.7 Å². The van der Waals surface area contributed by atoms with E-state index in [-0.39, 0.29) is 18.2 Å². The third kappa shape index (κ3) is 14.7. The fourth-order valence-electron chi connectivity index (χ4n) is 1.24. The highest BCUT2D eigenvalue weighted by Gasteiger charge is 2.02. The van der Waals surface area contributed by atoms with Gasteiger partial charge in [0.15, 0.2) is 0 Å². The Kier molecular flexibility index (Phi) is 11.6. The summed E-state index contributed by atoms with van der Waals surface area (Å²) >= 11 is 0. The Morgan fingerprint density at radius 2 is 1.36 bits per heavy atom. The van der Waals surface area contributed by atoms with Crippen molar-refractivity contribution < 1.29 is 13.0 Å². The molecule has 0 aromatic rings. The molecule has 0 unspecified atom stereocenters. The summed E-state index contributed by atoms with van der Waals surface area (Å²) in [7, 11) is -3.72. The Balaban J connectivity index is 0. The van der Waals surface area contributed by atoms with E-state index >= 15 is 0 Å². The van der Waals surface area contributed by atoms with Gasteiger partial charge in [0.1, 0.15) is 0 Å². The molecule has 0 aromatic heterocycles. The summed E-state index contributed by atoms with van der Waals surface area (Å²) in [6.45, 7) is 2.17. The van der Waals surface area contributed by atoms with Crippen molar-refractivity contribution in [1.82, 2.24) is 0 Å². The maximum Gasteiger partial charge on any atom is 0.264 e. The van der Waals surface area contributed by atoms with E-state index < -0.39 is 10.1 Å². The van der Waals surface area contributed by atoms with Crippen molar-refractivity contribution in [2.24, 2.45) is 0 Å². The molecule has 14 heavy (non-hydrogen) atoms. The number of rotatable bonds is 8. The smallest absolute Gasteiger partial charge is 0.264 e. The Bertz CT molecular complexity index is 202. The first kappa shape index (κ1) is 16.6. The van der Waals surface area contributed by atoms with E-state index in [0.29, 0.717) is 6.42 Å². The molecule has 0 heterocycles. The number of halogens is 1. The lowest BCUT2D eigenvalue weighted by Crippen LogP contribution is -2.03. The second kappa shape index (κ2) is 9.74. The molecule has 1 N–H and O–H groups in total. The topological polar surface area (TPSA) is 54.4 Å². The van der Waals surface area contributed by atoms with Gasteiger partial charge in [-0.15, -0.1) is 12.4 Å². The Hall–Kier alpha value is 0.200. The molecule has 0 saturated heterocycles. The molecule has 0 fully saturated rings. The van der Waals surface area contributed by atoms with Gasteiger partial charge in [-0.2, -0.15) is 8.42 Å². The third-order valence-electron chi connectivity index (χ3n) is 2.01. The van der Waals surface area contributed by atoms with E-state index in [1.54, 1.807) is 0 Å². The molecule has 5 heteroatoms. The molecule has 0 saturated carbocycles. The Morgan fingerprint density at radius 3 is 1.79 bits per heavy atom. The lowest BCUT2D eigenvalue weighted by atomic mass is 10.1. The van der Waals surface area contributed by atoms with Crippen molar-refractivity contribution in [2.45, 2.75) is 51.9 Å². The van der Waals surface area contributed by atoms with E-state index in [1.807, 2.05) is 0 Å². The van der Waals surface area contributed by atoms with Gasteiger partial charge in [-0.05, 0) is 6.42 Å². The van der Waals surface area contributed by atoms with Gasteiger partial charge in [-0.1, -0.05) is 45.4 Å². The minimum Gasteiger partial charge on any atom is -0.286 e. The van der Waals surface area contributed by atoms with Crippen molar-refractivity contribution in [1.29, 1.82) is 0 Å². The fourth-order valence-corrected chi connectivity index (χ4v) is 1.81. The predicted octanol–water partition coefficient (Wildman–Crippen LogP) is 3.05.